The highest BCUT2D eigenvalue weighted by atomic mass is 16.5. The monoisotopic (exact) mass is 299 g/mol. The number of hydrogen-bond donors (Lipinski definition) is 0. The molecule has 0 unspecified atom stereocenters. The van der Waals surface area contributed by atoms with Crippen LogP contribution in [0.4, 0.5) is 0 Å². The van der Waals surface area contributed by atoms with Crippen LogP contribution in [0.1, 0.15) is 11.3 Å². The lowest BCUT2D eigenvalue weighted by atomic mass is 10.1. The van der Waals surface area contributed by atoms with Gasteiger partial charge in [-0.25, -0.2) is 4.79 Å². The van der Waals surface area contributed by atoms with Crippen LogP contribution in [0, 0.1) is 6.92 Å². The molecule has 5 heteroatoms. The summed E-state index contributed by atoms with van der Waals surface area (Å²) in [5.41, 5.74) is 1.76. The lowest BCUT2D eigenvalue weighted by Gasteiger charge is -2.12. The summed E-state index contributed by atoms with van der Waals surface area (Å²) >= 11 is 0. The second kappa shape index (κ2) is 7.26. The fourth-order valence-corrected chi connectivity index (χ4v) is 1.87. The first-order chi connectivity index (χ1) is 10.7. The van der Waals surface area contributed by atoms with Crippen LogP contribution in [0.3, 0.4) is 0 Å². The van der Waals surface area contributed by atoms with Gasteiger partial charge in [0, 0.05) is 11.3 Å². The molecular weight excluding hydrogens is 282 g/mol. The number of carbonyl (C=O) groups excluding carboxylic acids is 1. The van der Waals surface area contributed by atoms with Gasteiger partial charge in [-0.15, -0.1) is 0 Å². The largest absolute Gasteiger partial charge is 0.503 e. The lowest BCUT2D eigenvalue weighted by molar-refractivity contribution is -0.133. The van der Waals surface area contributed by atoms with Gasteiger partial charge in [0.15, 0.2) is 0 Å². The number of rotatable bonds is 5. The van der Waals surface area contributed by atoms with Crippen LogP contribution in [-0.4, -0.2) is 25.2 Å². The summed E-state index contributed by atoms with van der Waals surface area (Å²) in [4.78, 5) is 16.1. The van der Waals surface area contributed by atoms with Crippen LogP contribution in [0.2, 0.25) is 0 Å². The number of ether oxygens (including phenoxy) is 3. The van der Waals surface area contributed by atoms with E-state index < -0.39 is 5.97 Å². The highest BCUT2D eigenvalue weighted by Crippen LogP contribution is 2.30. The van der Waals surface area contributed by atoms with E-state index in [-0.39, 0.29) is 5.57 Å². The Balaban J connectivity index is 2.39. The summed E-state index contributed by atoms with van der Waals surface area (Å²) in [5.74, 6) is 0.599. The van der Waals surface area contributed by atoms with Crippen molar-refractivity contribution in [1.82, 2.24) is 4.98 Å². The van der Waals surface area contributed by atoms with E-state index in [4.69, 9.17) is 14.2 Å². The van der Waals surface area contributed by atoms with Crippen molar-refractivity contribution in [3.05, 3.63) is 60.1 Å². The van der Waals surface area contributed by atoms with Crippen LogP contribution in [0.25, 0.3) is 5.57 Å². The number of carbonyl (C=O) groups is 1. The van der Waals surface area contributed by atoms with Gasteiger partial charge in [0.05, 0.1) is 26.7 Å². The number of benzene rings is 1. The molecular formula is C17H17NO4. The number of nitrogens with zero attached hydrogens (tertiary/aromatic N) is 1. The van der Waals surface area contributed by atoms with Crippen LogP contribution in [0.5, 0.6) is 11.5 Å². The Labute approximate surface area is 129 Å². The predicted octanol–water partition coefficient (Wildman–Crippen LogP) is 3.34. The number of pyridine rings is 1. The molecule has 0 aliphatic carbocycles. The van der Waals surface area contributed by atoms with E-state index >= 15 is 0 Å². The SMILES string of the molecule is CO/C=C(/C(=O)OC)c1ccccc1Oc1ccc(C)nc1. The number of esters is 1. The van der Waals surface area contributed by atoms with E-state index in [0.29, 0.717) is 17.1 Å². The van der Waals surface area contributed by atoms with Gasteiger partial charge >= 0.3 is 5.97 Å². The zero-order valence-corrected chi connectivity index (χ0v) is 12.7. The first-order valence-electron chi connectivity index (χ1n) is 6.67. The summed E-state index contributed by atoms with van der Waals surface area (Å²) in [6, 6.07) is 10.8. The first kappa shape index (κ1) is 15.6. The maximum absolute atomic E-state index is 11.9. The molecule has 0 fully saturated rings. The minimum Gasteiger partial charge on any atom is -0.503 e. The van der Waals surface area contributed by atoms with Crippen molar-refractivity contribution in [2.45, 2.75) is 6.92 Å². The molecule has 2 aromatic rings. The van der Waals surface area contributed by atoms with Gasteiger partial charge in [-0.05, 0) is 25.1 Å². The van der Waals surface area contributed by atoms with E-state index in [1.807, 2.05) is 31.2 Å². The van der Waals surface area contributed by atoms with Crippen LogP contribution in [0.15, 0.2) is 48.9 Å². The predicted molar refractivity (Wildman–Crippen MR) is 82.5 cm³/mol. The molecule has 0 saturated carbocycles. The van der Waals surface area contributed by atoms with Gasteiger partial charge in [-0.1, -0.05) is 18.2 Å². The molecule has 114 valence electrons. The van der Waals surface area contributed by atoms with Gasteiger partial charge in [-0.3, -0.25) is 4.98 Å². The molecule has 0 N–H and O–H groups in total. The third-order valence-electron chi connectivity index (χ3n) is 2.93. The molecule has 0 aliphatic heterocycles. The summed E-state index contributed by atoms with van der Waals surface area (Å²) in [6.45, 7) is 1.90. The van der Waals surface area contributed by atoms with E-state index in [1.54, 1.807) is 18.3 Å². The molecule has 0 amide bonds. The van der Waals surface area contributed by atoms with Gasteiger partial charge in [0.25, 0.3) is 0 Å². The Bertz CT molecular complexity index is 677. The van der Waals surface area contributed by atoms with Crippen LogP contribution >= 0.6 is 0 Å². The maximum atomic E-state index is 11.9. The molecule has 5 nitrogen and oxygen atoms in total. The smallest absolute Gasteiger partial charge is 0.341 e. The van der Waals surface area contributed by atoms with E-state index in [1.165, 1.54) is 20.5 Å². The first-order valence-corrected chi connectivity index (χ1v) is 6.67. The van der Waals surface area contributed by atoms with E-state index in [2.05, 4.69) is 4.98 Å². The average Bonchev–Trinajstić information content (AvgIpc) is 2.55. The van der Waals surface area contributed by atoms with Crippen molar-refractivity contribution < 1.29 is 19.0 Å². The molecule has 1 aromatic heterocycles. The number of aryl methyl sites for hydroxylation is 1. The quantitative estimate of drug-likeness (QED) is 0.481. The Kier molecular flexibility index (Phi) is 5.14. The molecule has 0 spiro atoms. The average molecular weight is 299 g/mol. The van der Waals surface area contributed by atoms with Gasteiger partial charge in [0.2, 0.25) is 0 Å². The summed E-state index contributed by atoms with van der Waals surface area (Å²) in [6.07, 6.45) is 2.96. The van der Waals surface area contributed by atoms with Gasteiger partial charge in [-0.2, -0.15) is 0 Å². The number of aromatic nitrogens is 1. The van der Waals surface area contributed by atoms with Crippen molar-refractivity contribution in [2.75, 3.05) is 14.2 Å². The van der Waals surface area contributed by atoms with Crippen LogP contribution in [-0.2, 0) is 14.3 Å². The van der Waals surface area contributed by atoms with Crippen molar-refractivity contribution >= 4 is 11.5 Å². The molecule has 0 aliphatic rings. The fraction of sp³-hybridized carbons (Fsp3) is 0.176. The lowest BCUT2D eigenvalue weighted by Crippen LogP contribution is -2.05. The minimum absolute atomic E-state index is 0.278. The molecule has 0 saturated heterocycles. The molecule has 22 heavy (non-hydrogen) atoms. The summed E-state index contributed by atoms with van der Waals surface area (Å²) in [7, 11) is 2.79. The third kappa shape index (κ3) is 3.63. The Morgan fingerprint density at radius 2 is 1.91 bits per heavy atom. The van der Waals surface area contributed by atoms with E-state index in [9.17, 15) is 4.79 Å². The fourth-order valence-electron chi connectivity index (χ4n) is 1.87. The second-order valence-electron chi connectivity index (χ2n) is 4.49. The van der Waals surface area contributed by atoms with E-state index in [0.717, 1.165) is 5.69 Å². The number of methoxy groups -OCH3 is 2. The Hall–Kier alpha value is -2.82. The number of para-hydroxylation sites is 1. The molecule has 0 bridgehead atoms. The summed E-state index contributed by atoms with van der Waals surface area (Å²) < 4.78 is 15.6. The number of hydrogen-bond acceptors (Lipinski definition) is 5. The maximum Gasteiger partial charge on any atom is 0.341 e. The molecule has 0 radical (unpaired) electrons. The van der Waals surface area contributed by atoms with Crippen LogP contribution < -0.4 is 4.74 Å². The zero-order valence-electron chi connectivity index (χ0n) is 12.7. The normalized spacial score (nSPS) is 11.0. The highest BCUT2D eigenvalue weighted by Gasteiger charge is 2.17. The topological polar surface area (TPSA) is 57.7 Å². The standard InChI is InChI=1S/C17H17NO4/c1-12-8-9-13(10-18-12)22-16-7-5-4-6-14(16)15(11-20-2)17(19)21-3/h4-11H,1-3H3/b15-11+. The highest BCUT2D eigenvalue weighted by molar-refractivity contribution is 6.17. The molecule has 1 heterocycles. The van der Waals surface area contributed by atoms with Crippen molar-refractivity contribution in [2.24, 2.45) is 0 Å². The van der Waals surface area contributed by atoms with Crippen molar-refractivity contribution in [1.29, 1.82) is 0 Å². The summed E-state index contributed by atoms with van der Waals surface area (Å²) in [5, 5.41) is 0. The zero-order chi connectivity index (χ0) is 15.9. The molecule has 1 aromatic carbocycles. The Morgan fingerprint density at radius 3 is 2.55 bits per heavy atom. The van der Waals surface area contributed by atoms with Crippen molar-refractivity contribution in [3.63, 3.8) is 0 Å². The molecule has 0 atom stereocenters. The minimum atomic E-state index is -0.500. The van der Waals surface area contributed by atoms with Gasteiger partial charge in [0.1, 0.15) is 17.1 Å². The third-order valence-corrected chi connectivity index (χ3v) is 2.93. The second-order valence-corrected chi connectivity index (χ2v) is 4.49. The Morgan fingerprint density at radius 1 is 1.14 bits per heavy atom. The van der Waals surface area contributed by atoms with Crippen molar-refractivity contribution in [3.8, 4) is 11.5 Å². The van der Waals surface area contributed by atoms with Gasteiger partial charge < -0.3 is 14.2 Å². The molecule has 2 rings (SSSR count).